The monoisotopic (exact) mass is 217 g/mol. The van der Waals surface area contributed by atoms with Gasteiger partial charge < -0.3 is 15.2 Å². The maximum Gasteiger partial charge on any atom is 0.179 e. The van der Waals surface area contributed by atoms with Crippen LogP contribution in [-0.2, 0) is 0 Å². The maximum atomic E-state index is 4.58. The Bertz CT molecular complexity index is 498. The van der Waals surface area contributed by atoms with E-state index >= 15 is 0 Å². The van der Waals surface area contributed by atoms with E-state index in [4.69, 9.17) is 0 Å². The average molecular weight is 217 g/mol. The Morgan fingerprint density at radius 3 is 2.81 bits per heavy atom. The van der Waals surface area contributed by atoms with E-state index in [1.165, 1.54) is 0 Å². The number of imidazole rings is 1. The number of anilines is 1. The number of rotatable bonds is 1. The Balaban J connectivity index is 1.97. The predicted molar refractivity (Wildman–Crippen MR) is 63.7 cm³/mol. The first kappa shape index (κ1) is 9.59. The van der Waals surface area contributed by atoms with Crippen LogP contribution in [0, 0.1) is 6.92 Å². The standard InChI is InChI=1S/C11H15N5/c1-8-13-9-2-3-10(15-11(9)14-8)16-6-4-12-5-7-16/h2-3,12H,4-7H2,1H3,(H,13,14,15). The van der Waals surface area contributed by atoms with Crippen molar-refractivity contribution in [1.29, 1.82) is 0 Å². The van der Waals surface area contributed by atoms with Gasteiger partial charge in [-0.05, 0) is 19.1 Å². The zero-order valence-electron chi connectivity index (χ0n) is 9.32. The van der Waals surface area contributed by atoms with Crippen LogP contribution in [0.2, 0.25) is 0 Å². The van der Waals surface area contributed by atoms with E-state index in [2.05, 4.69) is 37.3 Å². The number of nitrogens with zero attached hydrogens (tertiary/aromatic N) is 3. The lowest BCUT2D eigenvalue weighted by atomic mass is 10.3. The van der Waals surface area contributed by atoms with E-state index in [-0.39, 0.29) is 0 Å². The van der Waals surface area contributed by atoms with Gasteiger partial charge in [-0.2, -0.15) is 0 Å². The number of aromatic amines is 1. The molecule has 3 heterocycles. The molecule has 1 aliphatic rings. The van der Waals surface area contributed by atoms with Crippen molar-refractivity contribution in [2.75, 3.05) is 31.1 Å². The Hall–Kier alpha value is -1.62. The Labute approximate surface area is 93.9 Å². The van der Waals surface area contributed by atoms with Crippen molar-refractivity contribution in [3.63, 3.8) is 0 Å². The third kappa shape index (κ3) is 1.63. The Kier molecular flexibility index (Phi) is 2.25. The summed E-state index contributed by atoms with van der Waals surface area (Å²) in [6, 6.07) is 4.12. The van der Waals surface area contributed by atoms with Crippen molar-refractivity contribution >= 4 is 17.0 Å². The van der Waals surface area contributed by atoms with Gasteiger partial charge in [-0.15, -0.1) is 0 Å². The van der Waals surface area contributed by atoms with Crippen molar-refractivity contribution in [3.05, 3.63) is 18.0 Å². The van der Waals surface area contributed by atoms with Gasteiger partial charge in [0.1, 0.15) is 11.6 Å². The molecule has 2 aromatic rings. The third-order valence-electron chi connectivity index (χ3n) is 2.89. The summed E-state index contributed by atoms with van der Waals surface area (Å²) in [5.41, 5.74) is 1.82. The molecule has 5 nitrogen and oxygen atoms in total. The summed E-state index contributed by atoms with van der Waals surface area (Å²) in [5.74, 6) is 1.94. The fourth-order valence-corrected chi connectivity index (χ4v) is 2.07. The van der Waals surface area contributed by atoms with Gasteiger partial charge in [0.05, 0.1) is 5.52 Å². The van der Waals surface area contributed by atoms with Gasteiger partial charge >= 0.3 is 0 Å². The highest BCUT2D eigenvalue weighted by Crippen LogP contribution is 2.16. The van der Waals surface area contributed by atoms with Crippen molar-refractivity contribution in [2.45, 2.75) is 6.92 Å². The predicted octanol–water partition coefficient (Wildman–Crippen LogP) is 0.676. The second-order valence-electron chi connectivity index (χ2n) is 4.10. The molecular weight excluding hydrogens is 202 g/mol. The molecule has 1 fully saturated rings. The summed E-state index contributed by atoms with van der Waals surface area (Å²) in [6.45, 7) is 6.04. The first-order valence-corrected chi connectivity index (χ1v) is 5.62. The largest absolute Gasteiger partial charge is 0.354 e. The van der Waals surface area contributed by atoms with Gasteiger partial charge in [-0.1, -0.05) is 0 Å². The smallest absolute Gasteiger partial charge is 0.179 e. The van der Waals surface area contributed by atoms with Gasteiger partial charge in [0.2, 0.25) is 0 Å². The van der Waals surface area contributed by atoms with Crippen molar-refractivity contribution in [3.8, 4) is 0 Å². The van der Waals surface area contributed by atoms with Crippen LogP contribution in [-0.4, -0.2) is 41.1 Å². The molecular formula is C11H15N5. The topological polar surface area (TPSA) is 56.8 Å². The molecule has 0 amide bonds. The summed E-state index contributed by atoms with van der Waals surface area (Å²) >= 11 is 0. The van der Waals surface area contributed by atoms with Gasteiger partial charge in [0, 0.05) is 26.2 Å². The molecule has 1 saturated heterocycles. The fourth-order valence-electron chi connectivity index (χ4n) is 2.07. The molecule has 2 N–H and O–H groups in total. The second-order valence-corrected chi connectivity index (χ2v) is 4.10. The lowest BCUT2D eigenvalue weighted by molar-refractivity contribution is 0.585. The minimum absolute atomic E-state index is 0.813. The van der Waals surface area contributed by atoms with Crippen molar-refractivity contribution in [1.82, 2.24) is 20.3 Å². The molecule has 5 heteroatoms. The molecule has 3 rings (SSSR count). The summed E-state index contributed by atoms with van der Waals surface area (Å²) in [5, 5.41) is 3.33. The number of nitrogens with one attached hydrogen (secondary N) is 2. The molecule has 0 atom stereocenters. The highest BCUT2D eigenvalue weighted by Gasteiger charge is 2.12. The van der Waals surface area contributed by atoms with Crippen LogP contribution in [0.5, 0.6) is 0 Å². The zero-order valence-corrected chi connectivity index (χ0v) is 9.32. The van der Waals surface area contributed by atoms with E-state index in [1.54, 1.807) is 0 Å². The van der Waals surface area contributed by atoms with Crippen LogP contribution in [0.4, 0.5) is 5.82 Å². The summed E-state index contributed by atoms with van der Waals surface area (Å²) in [4.78, 5) is 14.4. The Morgan fingerprint density at radius 1 is 1.19 bits per heavy atom. The van der Waals surface area contributed by atoms with E-state index in [0.29, 0.717) is 0 Å². The molecule has 16 heavy (non-hydrogen) atoms. The summed E-state index contributed by atoms with van der Waals surface area (Å²) in [7, 11) is 0. The number of aryl methyl sites for hydroxylation is 1. The fraction of sp³-hybridized carbons (Fsp3) is 0.455. The third-order valence-corrected chi connectivity index (χ3v) is 2.89. The number of hydrogen-bond acceptors (Lipinski definition) is 4. The van der Waals surface area contributed by atoms with Crippen molar-refractivity contribution in [2.24, 2.45) is 0 Å². The van der Waals surface area contributed by atoms with Crippen LogP contribution in [0.15, 0.2) is 12.1 Å². The first-order valence-electron chi connectivity index (χ1n) is 5.62. The summed E-state index contributed by atoms with van der Waals surface area (Å²) < 4.78 is 0. The number of pyridine rings is 1. The van der Waals surface area contributed by atoms with Crippen LogP contribution >= 0.6 is 0 Å². The second kappa shape index (κ2) is 3.75. The normalized spacial score (nSPS) is 16.9. The molecule has 0 aliphatic carbocycles. The molecule has 0 unspecified atom stereocenters. The molecule has 1 aliphatic heterocycles. The molecule has 2 aromatic heterocycles. The van der Waals surface area contributed by atoms with Crippen LogP contribution in [0.3, 0.4) is 0 Å². The highest BCUT2D eigenvalue weighted by molar-refractivity contribution is 5.73. The Morgan fingerprint density at radius 2 is 2.00 bits per heavy atom. The molecule has 84 valence electrons. The minimum Gasteiger partial charge on any atom is -0.354 e. The number of fused-ring (bicyclic) bond motifs is 1. The van der Waals surface area contributed by atoms with Gasteiger partial charge in [0.15, 0.2) is 5.65 Å². The highest BCUT2D eigenvalue weighted by atomic mass is 15.2. The van der Waals surface area contributed by atoms with Crippen LogP contribution in [0.1, 0.15) is 5.82 Å². The number of aromatic nitrogens is 3. The number of hydrogen-bond donors (Lipinski definition) is 2. The lowest BCUT2D eigenvalue weighted by Crippen LogP contribution is -2.43. The quantitative estimate of drug-likeness (QED) is 0.737. The maximum absolute atomic E-state index is 4.58. The SMILES string of the molecule is Cc1nc2nc(N3CCNCC3)ccc2[nH]1. The summed E-state index contributed by atoms with van der Waals surface area (Å²) in [6.07, 6.45) is 0. The lowest BCUT2D eigenvalue weighted by Gasteiger charge is -2.28. The van der Waals surface area contributed by atoms with E-state index in [0.717, 1.165) is 49.0 Å². The van der Waals surface area contributed by atoms with E-state index < -0.39 is 0 Å². The molecule has 0 spiro atoms. The van der Waals surface area contributed by atoms with E-state index in [9.17, 15) is 0 Å². The van der Waals surface area contributed by atoms with Gasteiger partial charge in [-0.3, -0.25) is 0 Å². The number of H-pyrrole nitrogens is 1. The van der Waals surface area contributed by atoms with Gasteiger partial charge in [0.25, 0.3) is 0 Å². The van der Waals surface area contributed by atoms with Crippen molar-refractivity contribution < 1.29 is 0 Å². The number of piperazine rings is 1. The average Bonchev–Trinajstić information content (AvgIpc) is 2.69. The minimum atomic E-state index is 0.813. The van der Waals surface area contributed by atoms with Gasteiger partial charge in [-0.25, -0.2) is 9.97 Å². The molecule has 0 radical (unpaired) electrons. The van der Waals surface area contributed by atoms with Crippen LogP contribution in [0.25, 0.3) is 11.2 Å². The zero-order chi connectivity index (χ0) is 11.0. The first-order chi connectivity index (χ1) is 7.83. The van der Waals surface area contributed by atoms with E-state index in [1.807, 2.05) is 6.92 Å². The molecule has 0 saturated carbocycles. The van der Waals surface area contributed by atoms with Crippen LogP contribution < -0.4 is 10.2 Å². The molecule has 0 bridgehead atoms. The molecule has 0 aromatic carbocycles.